The summed E-state index contributed by atoms with van der Waals surface area (Å²) >= 11 is 0. The third-order valence-corrected chi connectivity index (χ3v) is 4.33. The number of nitrogens with two attached hydrogens (primary N) is 1. The summed E-state index contributed by atoms with van der Waals surface area (Å²) in [5, 5.41) is 0. The highest BCUT2D eigenvalue weighted by Gasteiger charge is 2.29. The maximum Gasteiger partial charge on any atom is 0.225 e. The van der Waals surface area contributed by atoms with Crippen LogP contribution < -0.4 is 5.73 Å². The number of nitrogen functional groups attached to an aromatic ring is 1. The summed E-state index contributed by atoms with van der Waals surface area (Å²) in [4.78, 5) is 14.4. The summed E-state index contributed by atoms with van der Waals surface area (Å²) in [6.45, 7) is 1.56. The zero-order chi connectivity index (χ0) is 12.5. The number of carbonyl (C=O) groups is 1. The lowest BCUT2D eigenvalue weighted by Gasteiger charge is -2.31. The second-order valence-corrected chi connectivity index (χ2v) is 5.48. The second-order valence-electron chi connectivity index (χ2n) is 5.48. The van der Waals surface area contributed by atoms with Crippen molar-refractivity contribution < 1.29 is 4.79 Å². The Bertz CT molecular complexity index is 464. The van der Waals surface area contributed by atoms with E-state index in [-0.39, 0.29) is 5.92 Å². The number of hydrogen-bond acceptors (Lipinski definition) is 2. The predicted molar refractivity (Wildman–Crippen MR) is 71.9 cm³/mol. The summed E-state index contributed by atoms with van der Waals surface area (Å²) in [5.74, 6) is 0.623. The highest BCUT2D eigenvalue weighted by molar-refractivity contribution is 5.79. The molecular formula is C15H20N2O. The summed E-state index contributed by atoms with van der Waals surface area (Å²) in [7, 11) is 0. The monoisotopic (exact) mass is 244 g/mol. The van der Waals surface area contributed by atoms with Crippen LogP contribution in [0.3, 0.4) is 0 Å². The van der Waals surface area contributed by atoms with Crippen LogP contribution in [0.15, 0.2) is 18.2 Å². The molecule has 1 aromatic rings. The van der Waals surface area contributed by atoms with E-state index in [2.05, 4.69) is 6.07 Å². The Morgan fingerprint density at radius 2 is 2.06 bits per heavy atom. The quantitative estimate of drug-likeness (QED) is 0.771. The predicted octanol–water partition coefficient (Wildman–Crippen LogP) is 2.34. The van der Waals surface area contributed by atoms with E-state index in [1.807, 2.05) is 17.0 Å². The van der Waals surface area contributed by atoms with E-state index in [1.165, 1.54) is 18.4 Å². The van der Waals surface area contributed by atoms with Crippen molar-refractivity contribution in [1.29, 1.82) is 0 Å². The Morgan fingerprint density at radius 3 is 2.83 bits per heavy atom. The molecule has 1 heterocycles. The number of hydrogen-bond donors (Lipinski definition) is 1. The summed E-state index contributed by atoms with van der Waals surface area (Å²) in [5.41, 5.74) is 9.32. The lowest BCUT2D eigenvalue weighted by atomic mass is 9.96. The van der Waals surface area contributed by atoms with Crippen molar-refractivity contribution in [2.24, 2.45) is 5.92 Å². The van der Waals surface area contributed by atoms with Gasteiger partial charge in [0.05, 0.1) is 0 Å². The standard InChI is InChI=1S/C15H20N2O/c16-14-7-3-6-11-8-9-17(10-13(11)14)15(18)12-4-1-2-5-12/h3,6-7,12H,1-2,4-5,8-10,16H2. The van der Waals surface area contributed by atoms with Crippen molar-refractivity contribution in [3.8, 4) is 0 Å². The van der Waals surface area contributed by atoms with Crippen molar-refractivity contribution in [3.63, 3.8) is 0 Å². The first-order chi connectivity index (χ1) is 8.75. The molecular weight excluding hydrogens is 224 g/mol. The van der Waals surface area contributed by atoms with Gasteiger partial charge in [-0.25, -0.2) is 0 Å². The van der Waals surface area contributed by atoms with Gasteiger partial charge in [-0.3, -0.25) is 4.79 Å². The maximum atomic E-state index is 12.4. The van der Waals surface area contributed by atoms with Crippen LogP contribution in [-0.2, 0) is 17.8 Å². The van der Waals surface area contributed by atoms with Gasteiger partial charge in [0.15, 0.2) is 0 Å². The highest BCUT2D eigenvalue weighted by Crippen LogP contribution is 2.30. The number of fused-ring (bicyclic) bond motifs is 1. The van der Waals surface area contributed by atoms with E-state index in [0.29, 0.717) is 12.5 Å². The Hall–Kier alpha value is -1.51. The van der Waals surface area contributed by atoms with Crippen LogP contribution in [0.2, 0.25) is 0 Å². The largest absolute Gasteiger partial charge is 0.398 e. The molecule has 96 valence electrons. The zero-order valence-electron chi connectivity index (χ0n) is 10.7. The molecule has 2 N–H and O–H groups in total. The first-order valence-electron chi connectivity index (χ1n) is 6.91. The fourth-order valence-electron chi connectivity index (χ4n) is 3.23. The topological polar surface area (TPSA) is 46.3 Å². The molecule has 3 rings (SSSR count). The van der Waals surface area contributed by atoms with E-state index < -0.39 is 0 Å². The van der Waals surface area contributed by atoms with Crippen LogP contribution in [0.1, 0.15) is 36.8 Å². The normalized spacial score (nSPS) is 19.9. The average molecular weight is 244 g/mol. The van der Waals surface area contributed by atoms with Gasteiger partial charge in [-0.2, -0.15) is 0 Å². The smallest absolute Gasteiger partial charge is 0.225 e. The van der Waals surface area contributed by atoms with Crippen LogP contribution >= 0.6 is 0 Å². The number of anilines is 1. The molecule has 3 heteroatoms. The minimum atomic E-state index is 0.275. The molecule has 0 aromatic heterocycles. The van der Waals surface area contributed by atoms with Gasteiger partial charge >= 0.3 is 0 Å². The van der Waals surface area contributed by atoms with Crippen LogP contribution in [-0.4, -0.2) is 17.4 Å². The molecule has 0 unspecified atom stereocenters. The molecule has 1 aliphatic carbocycles. The van der Waals surface area contributed by atoms with Crippen molar-refractivity contribution >= 4 is 11.6 Å². The van der Waals surface area contributed by atoms with Gasteiger partial charge in [0, 0.05) is 24.7 Å². The van der Waals surface area contributed by atoms with E-state index in [4.69, 9.17) is 5.73 Å². The number of benzene rings is 1. The first-order valence-corrected chi connectivity index (χ1v) is 6.91. The Morgan fingerprint density at radius 1 is 1.28 bits per heavy atom. The van der Waals surface area contributed by atoms with Crippen molar-refractivity contribution in [3.05, 3.63) is 29.3 Å². The molecule has 0 bridgehead atoms. The molecule has 18 heavy (non-hydrogen) atoms. The molecule has 0 saturated heterocycles. The fraction of sp³-hybridized carbons (Fsp3) is 0.533. The molecule has 1 aromatic carbocycles. The number of amides is 1. The van der Waals surface area contributed by atoms with E-state index >= 15 is 0 Å². The minimum Gasteiger partial charge on any atom is -0.398 e. The molecule has 0 spiro atoms. The van der Waals surface area contributed by atoms with Crippen LogP contribution in [0.5, 0.6) is 0 Å². The van der Waals surface area contributed by atoms with Gasteiger partial charge in [0.2, 0.25) is 5.91 Å². The molecule has 1 aliphatic heterocycles. The number of nitrogens with zero attached hydrogens (tertiary/aromatic N) is 1. The van der Waals surface area contributed by atoms with E-state index in [9.17, 15) is 4.79 Å². The van der Waals surface area contributed by atoms with Gasteiger partial charge in [0.1, 0.15) is 0 Å². The average Bonchev–Trinajstić information content (AvgIpc) is 2.92. The molecule has 0 radical (unpaired) electrons. The highest BCUT2D eigenvalue weighted by atomic mass is 16.2. The molecule has 0 atom stereocenters. The Labute approximate surface area is 108 Å². The molecule has 2 aliphatic rings. The third kappa shape index (κ3) is 1.98. The molecule has 1 fully saturated rings. The van der Waals surface area contributed by atoms with E-state index in [0.717, 1.165) is 37.1 Å². The second kappa shape index (κ2) is 4.63. The lowest BCUT2D eigenvalue weighted by Crippen LogP contribution is -2.39. The Balaban J connectivity index is 1.78. The van der Waals surface area contributed by atoms with Gasteiger partial charge < -0.3 is 10.6 Å². The minimum absolute atomic E-state index is 0.275. The van der Waals surface area contributed by atoms with Crippen molar-refractivity contribution in [2.75, 3.05) is 12.3 Å². The van der Waals surface area contributed by atoms with E-state index in [1.54, 1.807) is 0 Å². The van der Waals surface area contributed by atoms with Gasteiger partial charge in [-0.05, 0) is 36.5 Å². The first kappa shape index (κ1) is 11.6. The molecule has 1 amide bonds. The van der Waals surface area contributed by atoms with Gasteiger partial charge in [-0.15, -0.1) is 0 Å². The van der Waals surface area contributed by atoms with Crippen molar-refractivity contribution in [1.82, 2.24) is 4.90 Å². The fourth-order valence-corrected chi connectivity index (χ4v) is 3.23. The lowest BCUT2D eigenvalue weighted by molar-refractivity contribution is -0.136. The summed E-state index contributed by atoms with van der Waals surface area (Å²) in [6, 6.07) is 6.06. The van der Waals surface area contributed by atoms with Crippen LogP contribution in [0.25, 0.3) is 0 Å². The van der Waals surface area contributed by atoms with Crippen LogP contribution in [0.4, 0.5) is 5.69 Å². The zero-order valence-corrected chi connectivity index (χ0v) is 10.7. The number of carbonyl (C=O) groups excluding carboxylic acids is 1. The SMILES string of the molecule is Nc1cccc2c1CN(C(=O)C1CCCC1)CC2. The number of rotatable bonds is 1. The summed E-state index contributed by atoms with van der Waals surface area (Å²) in [6.07, 6.45) is 5.52. The third-order valence-electron chi connectivity index (χ3n) is 4.33. The maximum absolute atomic E-state index is 12.4. The van der Waals surface area contributed by atoms with Gasteiger partial charge in [-0.1, -0.05) is 25.0 Å². The van der Waals surface area contributed by atoms with Crippen molar-refractivity contribution in [2.45, 2.75) is 38.6 Å². The molecule has 1 saturated carbocycles. The Kier molecular flexibility index (Phi) is 2.98. The summed E-state index contributed by atoms with van der Waals surface area (Å²) < 4.78 is 0. The van der Waals surface area contributed by atoms with Gasteiger partial charge in [0.25, 0.3) is 0 Å². The van der Waals surface area contributed by atoms with Crippen LogP contribution in [0, 0.1) is 5.92 Å². The molecule has 3 nitrogen and oxygen atoms in total.